The average Bonchev–Trinajstić information content (AvgIpc) is 3.05. The van der Waals surface area contributed by atoms with Crippen LogP contribution in [0.5, 0.6) is 0 Å². The summed E-state index contributed by atoms with van der Waals surface area (Å²) in [5.41, 5.74) is 3.94. The molecule has 4 unspecified atom stereocenters. The maximum atomic E-state index is 13.6. The molecule has 0 heterocycles. The van der Waals surface area contributed by atoms with Gasteiger partial charge in [-0.1, -0.05) is 18.6 Å². The van der Waals surface area contributed by atoms with Gasteiger partial charge in [0.1, 0.15) is 5.82 Å². The number of fused-ring (bicyclic) bond motifs is 2. The van der Waals surface area contributed by atoms with Crippen LogP contribution in [0, 0.1) is 23.6 Å². The lowest BCUT2D eigenvalue weighted by Gasteiger charge is -2.26. The third-order valence-electron chi connectivity index (χ3n) is 5.21. The van der Waals surface area contributed by atoms with Gasteiger partial charge in [0.25, 0.3) is 0 Å². The van der Waals surface area contributed by atoms with Gasteiger partial charge in [-0.25, -0.2) is 4.39 Å². The van der Waals surface area contributed by atoms with Crippen molar-refractivity contribution in [3.8, 4) is 0 Å². The summed E-state index contributed by atoms with van der Waals surface area (Å²) in [6, 6.07) is 5.45. The molecule has 2 aliphatic rings. The molecule has 0 aliphatic heterocycles. The molecule has 2 aliphatic carbocycles. The lowest BCUT2D eigenvalue weighted by molar-refractivity contribution is 0.277. The highest BCUT2D eigenvalue weighted by Gasteiger charge is 2.40. The van der Waals surface area contributed by atoms with E-state index in [1.807, 2.05) is 6.07 Å². The van der Waals surface area contributed by atoms with Crippen LogP contribution in [0.3, 0.4) is 0 Å². The summed E-state index contributed by atoms with van der Waals surface area (Å²) < 4.78 is 14.1. The number of hydrazine groups is 1. The van der Waals surface area contributed by atoms with Crippen LogP contribution in [0.2, 0.25) is 0 Å². The van der Waals surface area contributed by atoms with E-state index in [-0.39, 0.29) is 11.9 Å². The van der Waals surface area contributed by atoms with E-state index in [0.717, 1.165) is 36.2 Å². The molecule has 0 amide bonds. The lowest BCUT2D eigenvalue weighted by atomic mass is 9.83. The topological polar surface area (TPSA) is 38.0 Å². The zero-order valence-electron chi connectivity index (χ0n) is 11.6. The molecular formula is C16H22BrFN2. The Hall–Kier alpha value is -0.450. The fourth-order valence-electron chi connectivity index (χ4n) is 4.21. The third kappa shape index (κ3) is 2.92. The standard InChI is InChI=1S/C16H22BrFN2/c17-16-12(2-1-3-15(16)18)8-14(20-19)9-13-7-10-4-5-11(13)6-10/h1-3,10-11,13-14,20H,4-9,19H2. The molecule has 2 saturated carbocycles. The molecule has 0 spiro atoms. The molecule has 2 fully saturated rings. The van der Waals surface area contributed by atoms with E-state index in [1.165, 1.54) is 31.7 Å². The molecule has 4 atom stereocenters. The molecule has 1 aromatic carbocycles. The quantitative estimate of drug-likeness (QED) is 0.632. The predicted octanol–water partition coefficient (Wildman–Crippen LogP) is 3.79. The number of nitrogens with two attached hydrogens (primary N) is 1. The van der Waals surface area contributed by atoms with Crippen LogP contribution in [0.4, 0.5) is 4.39 Å². The highest BCUT2D eigenvalue weighted by Crippen LogP contribution is 2.50. The van der Waals surface area contributed by atoms with E-state index in [1.54, 1.807) is 6.07 Å². The van der Waals surface area contributed by atoms with Gasteiger partial charge in [0.2, 0.25) is 0 Å². The van der Waals surface area contributed by atoms with Gasteiger partial charge in [-0.05, 0) is 77.4 Å². The fourth-order valence-corrected chi connectivity index (χ4v) is 4.64. The maximum absolute atomic E-state index is 13.6. The first-order valence-corrected chi connectivity index (χ1v) is 8.35. The number of rotatable bonds is 5. The molecule has 0 aromatic heterocycles. The van der Waals surface area contributed by atoms with Crippen LogP contribution in [0.1, 0.15) is 37.7 Å². The average molecular weight is 341 g/mol. The molecule has 20 heavy (non-hydrogen) atoms. The largest absolute Gasteiger partial charge is 0.271 e. The molecule has 0 radical (unpaired) electrons. The summed E-state index contributed by atoms with van der Waals surface area (Å²) in [5.74, 6) is 8.21. The zero-order valence-corrected chi connectivity index (χ0v) is 13.2. The maximum Gasteiger partial charge on any atom is 0.137 e. The lowest BCUT2D eigenvalue weighted by Crippen LogP contribution is -2.39. The molecule has 4 heteroatoms. The second kappa shape index (κ2) is 6.12. The van der Waals surface area contributed by atoms with Gasteiger partial charge in [-0.3, -0.25) is 11.3 Å². The van der Waals surface area contributed by atoms with Crippen molar-refractivity contribution in [3.63, 3.8) is 0 Å². The predicted molar refractivity (Wildman–Crippen MR) is 82.5 cm³/mol. The first-order chi connectivity index (χ1) is 9.67. The van der Waals surface area contributed by atoms with E-state index in [2.05, 4.69) is 21.4 Å². The second-order valence-electron chi connectivity index (χ2n) is 6.45. The summed E-state index contributed by atoms with van der Waals surface area (Å²) in [6.45, 7) is 0. The smallest absolute Gasteiger partial charge is 0.137 e. The minimum absolute atomic E-state index is 0.196. The molecule has 1 aromatic rings. The van der Waals surface area contributed by atoms with Crippen molar-refractivity contribution in [1.29, 1.82) is 0 Å². The van der Waals surface area contributed by atoms with Gasteiger partial charge in [-0.15, -0.1) is 0 Å². The minimum atomic E-state index is -0.196. The van der Waals surface area contributed by atoms with Crippen LogP contribution >= 0.6 is 15.9 Å². The van der Waals surface area contributed by atoms with Crippen LogP contribution in [-0.2, 0) is 6.42 Å². The van der Waals surface area contributed by atoms with Crippen LogP contribution in [0.25, 0.3) is 0 Å². The van der Waals surface area contributed by atoms with E-state index >= 15 is 0 Å². The highest BCUT2D eigenvalue weighted by atomic mass is 79.9. The fraction of sp³-hybridized carbons (Fsp3) is 0.625. The first kappa shape index (κ1) is 14.5. The van der Waals surface area contributed by atoms with E-state index < -0.39 is 0 Å². The Morgan fingerprint density at radius 1 is 1.35 bits per heavy atom. The summed E-state index contributed by atoms with van der Waals surface area (Å²) in [7, 11) is 0. The van der Waals surface area contributed by atoms with Crippen LogP contribution < -0.4 is 11.3 Å². The Bertz CT molecular complexity index is 480. The Labute approximate surface area is 128 Å². The Morgan fingerprint density at radius 2 is 2.20 bits per heavy atom. The summed E-state index contributed by atoms with van der Waals surface area (Å²) in [5, 5.41) is 0. The number of halogens is 2. The zero-order chi connectivity index (χ0) is 14.1. The van der Waals surface area contributed by atoms with Crippen molar-refractivity contribution in [2.24, 2.45) is 23.6 Å². The molecular weight excluding hydrogens is 319 g/mol. The van der Waals surface area contributed by atoms with Crippen molar-refractivity contribution in [1.82, 2.24) is 5.43 Å². The Kier molecular flexibility index (Phi) is 4.43. The van der Waals surface area contributed by atoms with Gasteiger partial charge in [-0.2, -0.15) is 0 Å². The molecule has 3 rings (SSSR count). The van der Waals surface area contributed by atoms with Crippen molar-refractivity contribution in [3.05, 3.63) is 34.1 Å². The SMILES string of the molecule is NNC(Cc1cccc(F)c1Br)CC1CC2CCC1C2. The van der Waals surface area contributed by atoms with E-state index in [9.17, 15) is 4.39 Å². The first-order valence-electron chi connectivity index (χ1n) is 7.56. The van der Waals surface area contributed by atoms with E-state index in [4.69, 9.17) is 5.84 Å². The van der Waals surface area contributed by atoms with Gasteiger partial charge in [0.15, 0.2) is 0 Å². The highest BCUT2D eigenvalue weighted by molar-refractivity contribution is 9.10. The van der Waals surface area contributed by atoms with E-state index in [0.29, 0.717) is 4.47 Å². The third-order valence-corrected chi connectivity index (χ3v) is 6.09. The van der Waals surface area contributed by atoms with Crippen molar-refractivity contribution < 1.29 is 4.39 Å². The number of benzene rings is 1. The number of hydrogen-bond acceptors (Lipinski definition) is 2. The van der Waals surface area contributed by atoms with Crippen molar-refractivity contribution in [2.45, 2.75) is 44.6 Å². The Morgan fingerprint density at radius 3 is 2.85 bits per heavy atom. The monoisotopic (exact) mass is 340 g/mol. The van der Waals surface area contributed by atoms with Gasteiger partial charge >= 0.3 is 0 Å². The van der Waals surface area contributed by atoms with Crippen molar-refractivity contribution >= 4 is 15.9 Å². The van der Waals surface area contributed by atoms with Gasteiger partial charge in [0.05, 0.1) is 4.47 Å². The minimum Gasteiger partial charge on any atom is -0.271 e. The second-order valence-corrected chi connectivity index (χ2v) is 7.24. The Balaban J connectivity index is 1.63. The molecule has 3 N–H and O–H groups in total. The molecule has 0 saturated heterocycles. The van der Waals surface area contributed by atoms with Gasteiger partial charge in [0, 0.05) is 6.04 Å². The summed E-state index contributed by atoms with van der Waals surface area (Å²) >= 11 is 3.34. The summed E-state index contributed by atoms with van der Waals surface area (Å²) in [4.78, 5) is 0. The van der Waals surface area contributed by atoms with Crippen molar-refractivity contribution in [2.75, 3.05) is 0 Å². The number of nitrogens with one attached hydrogen (secondary N) is 1. The van der Waals surface area contributed by atoms with Gasteiger partial charge < -0.3 is 0 Å². The molecule has 2 nitrogen and oxygen atoms in total. The van der Waals surface area contributed by atoms with Crippen LogP contribution in [0.15, 0.2) is 22.7 Å². The molecule has 2 bridgehead atoms. The molecule has 110 valence electrons. The summed E-state index contributed by atoms with van der Waals surface area (Å²) in [6.07, 6.45) is 7.51. The number of hydrogen-bond donors (Lipinski definition) is 2. The van der Waals surface area contributed by atoms with Crippen LogP contribution in [-0.4, -0.2) is 6.04 Å². The normalized spacial score (nSPS) is 29.9.